The maximum Gasteiger partial charge on any atom is 0.259 e. The highest BCUT2D eigenvalue weighted by Crippen LogP contribution is 2.19. The summed E-state index contributed by atoms with van der Waals surface area (Å²) in [7, 11) is 0. The fraction of sp³-hybridized carbons (Fsp3) is 0.273. The van der Waals surface area contributed by atoms with Crippen molar-refractivity contribution in [1.82, 2.24) is 14.3 Å². The van der Waals surface area contributed by atoms with Crippen LogP contribution in [0.2, 0.25) is 0 Å². The molecule has 1 aromatic carbocycles. The third-order valence-corrected chi connectivity index (χ3v) is 6.68. The highest BCUT2D eigenvalue weighted by Gasteiger charge is 2.13. The Morgan fingerprint density at radius 1 is 1.07 bits per heavy atom. The molecule has 0 bridgehead atoms. The van der Waals surface area contributed by atoms with E-state index in [1.807, 2.05) is 29.7 Å². The first-order valence-electron chi connectivity index (χ1n) is 9.37. The minimum Gasteiger partial charge on any atom is -0.292 e. The van der Waals surface area contributed by atoms with Crippen LogP contribution in [0, 0.1) is 13.8 Å². The van der Waals surface area contributed by atoms with Gasteiger partial charge in [-0.3, -0.25) is 14.1 Å². The van der Waals surface area contributed by atoms with Crippen LogP contribution in [-0.4, -0.2) is 20.8 Å². The van der Waals surface area contributed by atoms with Gasteiger partial charge in [-0.15, -0.1) is 22.7 Å². The molecular weight excluding hydrogens is 386 g/mol. The van der Waals surface area contributed by atoms with Crippen LogP contribution in [0.5, 0.6) is 0 Å². The van der Waals surface area contributed by atoms with Crippen molar-refractivity contribution in [1.29, 1.82) is 0 Å². The Bertz CT molecular complexity index is 1130. The number of hydrogen-bond acceptors (Lipinski definition) is 5. The summed E-state index contributed by atoms with van der Waals surface area (Å²) in [4.78, 5) is 23.1. The number of thiazole rings is 1. The summed E-state index contributed by atoms with van der Waals surface area (Å²) >= 11 is 3.35. The van der Waals surface area contributed by atoms with Gasteiger partial charge < -0.3 is 0 Å². The van der Waals surface area contributed by atoms with E-state index in [1.54, 1.807) is 10.5 Å². The first-order chi connectivity index (χ1) is 13.6. The molecule has 3 aromatic heterocycles. The zero-order chi connectivity index (χ0) is 19.5. The van der Waals surface area contributed by atoms with Crippen molar-refractivity contribution in [2.45, 2.75) is 33.4 Å². The molecule has 0 aliphatic carbocycles. The van der Waals surface area contributed by atoms with Crippen LogP contribution < -0.4 is 5.56 Å². The molecule has 0 spiro atoms. The Morgan fingerprint density at radius 2 is 1.89 bits per heavy atom. The summed E-state index contributed by atoms with van der Waals surface area (Å²) in [6, 6.07) is 16.6. The van der Waals surface area contributed by atoms with E-state index >= 15 is 0 Å². The lowest BCUT2D eigenvalue weighted by atomic mass is 10.1. The van der Waals surface area contributed by atoms with Gasteiger partial charge in [0.05, 0.1) is 5.69 Å². The van der Waals surface area contributed by atoms with Crippen molar-refractivity contribution in [2.75, 3.05) is 6.54 Å². The second-order valence-electron chi connectivity index (χ2n) is 7.04. The summed E-state index contributed by atoms with van der Waals surface area (Å²) in [5.74, 6) is 0. The van der Waals surface area contributed by atoms with Gasteiger partial charge in [-0.25, -0.2) is 4.98 Å². The average Bonchev–Trinajstić information content (AvgIpc) is 3.26. The molecule has 4 aromatic rings. The van der Waals surface area contributed by atoms with Crippen molar-refractivity contribution in [3.63, 3.8) is 0 Å². The van der Waals surface area contributed by atoms with Crippen molar-refractivity contribution in [2.24, 2.45) is 0 Å². The molecule has 144 valence electrons. The molecule has 0 N–H and O–H groups in total. The maximum atomic E-state index is 12.5. The third-order valence-electron chi connectivity index (χ3n) is 4.75. The van der Waals surface area contributed by atoms with E-state index in [-0.39, 0.29) is 5.56 Å². The predicted octanol–water partition coefficient (Wildman–Crippen LogP) is 4.68. The Balaban J connectivity index is 1.56. The zero-order valence-corrected chi connectivity index (χ0v) is 17.7. The highest BCUT2D eigenvalue weighted by molar-refractivity contribution is 7.15. The number of rotatable bonds is 7. The summed E-state index contributed by atoms with van der Waals surface area (Å²) in [5.41, 5.74) is 3.12. The van der Waals surface area contributed by atoms with Gasteiger partial charge in [0.2, 0.25) is 0 Å². The Labute approximate surface area is 172 Å². The van der Waals surface area contributed by atoms with Crippen LogP contribution in [0.15, 0.2) is 58.7 Å². The van der Waals surface area contributed by atoms with Crippen molar-refractivity contribution < 1.29 is 0 Å². The fourth-order valence-corrected chi connectivity index (χ4v) is 5.17. The van der Waals surface area contributed by atoms with E-state index in [0.29, 0.717) is 6.54 Å². The molecule has 3 heterocycles. The monoisotopic (exact) mass is 409 g/mol. The molecule has 0 fully saturated rings. The summed E-state index contributed by atoms with van der Waals surface area (Å²) in [6.07, 6.45) is 0.977. The van der Waals surface area contributed by atoms with Crippen LogP contribution in [0.3, 0.4) is 0 Å². The summed E-state index contributed by atoms with van der Waals surface area (Å²) < 4.78 is 1.69. The van der Waals surface area contributed by atoms with Gasteiger partial charge in [-0.05, 0) is 38.0 Å². The topological polar surface area (TPSA) is 37.6 Å². The predicted molar refractivity (Wildman–Crippen MR) is 117 cm³/mol. The summed E-state index contributed by atoms with van der Waals surface area (Å²) in [5, 5.41) is 1.98. The number of aryl methyl sites for hydroxylation is 2. The maximum absolute atomic E-state index is 12.5. The van der Waals surface area contributed by atoms with Crippen LogP contribution in [0.1, 0.15) is 26.7 Å². The standard InChI is InChI=1S/C22H23N3OS2/c1-16-15-27-22-23-19(12-21(26)25(16)22)13-24(14-20-9-8-17(2)28-20)11-10-18-6-4-3-5-7-18/h3-9,12,15H,10-11,13-14H2,1-2H3. The Hall–Kier alpha value is -2.28. The van der Waals surface area contributed by atoms with Gasteiger partial charge in [0.25, 0.3) is 5.56 Å². The lowest BCUT2D eigenvalue weighted by molar-refractivity contribution is 0.259. The van der Waals surface area contributed by atoms with Crippen molar-refractivity contribution in [3.05, 3.63) is 91.0 Å². The van der Waals surface area contributed by atoms with Gasteiger partial charge in [-0.1, -0.05) is 30.3 Å². The molecular formula is C22H23N3OS2. The van der Waals surface area contributed by atoms with E-state index in [4.69, 9.17) is 4.98 Å². The molecule has 0 aliphatic rings. The quantitative estimate of drug-likeness (QED) is 0.445. The molecule has 6 heteroatoms. The number of thiophene rings is 1. The van der Waals surface area contributed by atoms with Crippen LogP contribution in [0.25, 0.3) is 4.96 Å². The lowest BCUT2D eigenvalue weighted by Crippen LogP contribution is -2.27. The fourth-order valence-electron chi connectivity index (χ4n) is 3.35. The second kappa shape index (κ2) is 8.39. The van der Waals surface area contributed by atoms with E-state index in [1.165, 1.54) is 26.7 Å². The molecule has 0 unspecified atom stereocenters. The Kier molecular flexibility index (Phi) is 5.71. The minimum atomic E-state index is 0.00808. The normalized spacial score (nSPS) is 11.5. The van der Waals surface area contributed by atoms with E-state index in [2.05, 4.69) is 48.2 Å². The Morgan fingerprint density at radius 3 is 2.64 bits per heavy atom. The van der Waals surface area contributed by atoms with E-state index in [9.17, 15) is 4.79 Å². The molecule has 0 atom stereocenters. The zero-order valence-electron chi connectivity index (χ0n) is 16.1. The lowest BCUT2D eigenvalue weighted by Gasteiger charge is -2.21. The van der Waals surface area contributed by atoms with Gasteiger partial charge in [0.15, 0.2) is 4.96 Å². The van der Waals surface area contributed by atoms with Gasteiger partial charge in [0, 0.05) is 46.5 Å². The molecule has 0 radical (unpaired) electrons. The first kappa shape index (κ1) is 19.1. The second-order valence-corrected chi connectivity index (χ2v) is 9.25. The average molecular weight is 410 g/mol. The SMILES string of the molecule is Cc1ccc(CN(CCc2ccccc2)Cc2cc(=O)n3c(C)csc3n2)s1. The minimum absolute atomic E-state index is 0.00808. The number of hydrogen-bond donors (Lipinski definition) is 0. The van der Waals surface area contributed by atoms with Crippen LogP contribution in [0.4, 0.5) is 0 Å². The summed E-state index contributed by atoms with van der Waals surface area (Å²) in [6.45, 7) is 6.55. The molecule has 0 aliphatic heterocycles. The van der Waals surface area contributed by atoms with E-state index in [0.717, 1.165) is 35.9 Å². The van der Waals surface area contributed by atoms with Crippen LogP contribution in [-0.2, 0) is 19.5 Å². The van der Waals surface area contributed by atoms with Gasteiger partial charge in [-0.2, -0.15) is 0 Å². The van der Waals surface area contributed by atoms with Crippen molar-refractivity contribution >= 4 is 27.6 Å². The van der Waals surface area contributed by atoms with E-state index < -0.39 is 0 Å². The number of benzene rings is 1. The van der Waals surface area contributed by atoms with Crippen LogP contribution >= 0.6 is 22.7 Å². The first-order valence-corrected chi connectivity index (χ1v) is 11.1. The molecule has 0 saturated carbocycles. The molecule has 0 amide bonds. The molecule has 28 heavy (non-hydrogen) atoms. The van der Waals surface area contributed by atoms with Crippen molar-refractivity contribution in [3.8, 4) is 0 Å². The number of fused-ring (bicyclic) bond motifs is 1. The smallest absolute Gasteiger partial charge is 0.259 e. The highest BCUT2D eigenvalue weighted by atomic mass is 32.1. The number of nitrogens with zero attached hydrogens (tertiary/aromatic N) is 3. The molecule has 4 nitrogen and oxygen atoms in total. The molecule has 4 rings (SSSR count). The number of aromatic nitrogens is 2. The van der Waals surface area contributed by atoms with Gasteiger partial charge in [0.1, 0.15) is 0 Å². The molecule has 0 saturated heterocycles. The largest absolute Gasteiger partial charge is 0.292 e. The van der Waals surface area contributed by atoms with Gasteiger partial charge >= 0.3 is 0 Å². The third kappa shape index (κ3) is 4.41.